The van der Waals surface area contributed by atoms with E-state index in [1.165, 1.54) is 0 Å². The van der Waals surface area contributed by atoms with Crippen LogP contribution in [0.5, 0.6) is 5.75 Å². The summed E-state index contributed by atoms with van der Waals surface area (Å²) < 4.78 is 5.68. The van der Waals surface area contributed by atoms with Gasteiger partial charge in [0, 0.05) is 22.5 Å². The number of aromatic nitrogens is 1. The molecule has 0 radical (unpaired) electrons. The highest BCUT2D eigenvalue weighted by molar-refractivity contribution is 7.09. The molecule has 3 nitrogen and oxygen atoms in total. The summed E-state index contributed by atoms with van der Waals surface area (Å²) >= 11 is 7.45. The van der Waals surface area contributed by atoms with E-state index in [4.69, 9.17) is 16.3 Å². The van der Waals surface area contributed by atoms with Gasteiger partial charge in [-0.05, 0) is 32.0 Å². The van der Waals surface area contributed by atoms with Crippen LogP contribution in [-0.4, -0.2) is 22.3 Å². The molecule has 1 aromatic carbocycles. The Kier molecular flexibility index (Phi) is 4.80. The third-order valence-electron chi connectivity index (χ3n) is 2.71. The van der Waals surface area contributed by atoms with Gasteiger partial charge in [-0.1, -0.05) is 17.7 Å². The number of aryl methyl sites for hydroxylation is 1. The minimum absolute atomic E-state index is 0.317. The maximum atomic E-state index is 10.1. The number of benzene rings is 1. The van der Waals surface area contributed by atoms with E-state index in [-0.39, 0.29) is 6.10 Å². The Labute approximate surface area is 121 Å². The minimum atomic E-state index is -0.593. The fourth-order valence-electron chi connectivity index (χ4n) is 1.67. The van der Waals surface area contributed by atoms with Crippen molar-refractivity contribution in [1.82, 2.24) is 4.98 Å². The average Bonchev–Trinajstić information content (AvgIpc) is 2.74. The molecule has 0 spiro atoms. The number of ether oxygens (including phenoxy) is 1. The van der Waals surface area contributed by atoms with E-state index in [2.05, 4.69) is 4.98 Å². The first-order valence-electron chi connectivity index (χ1n) is 6.06. The predicted molar refractivity (Wildman–Crippen MR) is 78.1 cm³/mol. The van der Waals surface area contributed by atoms with Gasteiger partial charge in [0.1, 0.15) is 11.9 Å². The molecule has 5 heteroatoms. The molecular formula is C14H16ClNO2S. The highest BCUT2D eigenvalue weighted by Crippen LogP contribution is 2.20. The van der Waals surface area contributed by atoms with Crippen molar-refractivity contribution in [3.05, 3.63) is 45.4 Å². The Morgan fingerprint density at radius 1 is 1.47 bits per heavy atom. The highest BCUT2D eigenvalue weighted by atomic mass is 35.5. The van der Waals surface area contributed by atoms with Gasteiger partial charge in [0.25, 0.3) is 0 Å². The van der Waals surface area contributed by atoms with Crippen molar-refractivity contribution < 1.29 is 9.84 Å². The maximum Gasteiger partial charge on any atom is 0.122 e. The highest BCUT2D eigenvalue weighted by Gasteiger charge is 2.18. The molecule has 0 saturated heterocycles. The number of rotatable bonds is 5. The third kappa shape index (κ3) is 4.20. The van der Waals surface area contributed by atoms with Crippen molar-refractivity contribution in [2.45, 2.75) is 32.5 Å². The van der Waals surface area contributed by atoms with E-state index in [0.717, 1.165) is 10.7 Å². The zero-order valence-electron chi connectivity index (χ0n) is 10.8. The molecule has 0 fully saturated rings. The van der Waals surface area contributed by atoms with Crippen molar-refractivity contribution in [1.29, 1.82) is 0 Å². The van der Waals surface area contributed by atoms with E-state index >= 15 is 0 Å². The number of thiazole rings is 1. The molecule has 102 valence electrons. The maximum absolute atomic E-state index is 10.1. The summed E-state index contributed by atoms with van der Waals surface area (Å²) in [5.41, 5.74) is 0.982. The summed E-state index contributed by atoms with van der Waals surface area (Å²) in [4.78, 5) is 4.34. The largest absolute Gasteiger partial charge is 0.488 e. The van der Waals surface area contributed by atoms with Crippen LogP contribution in [0, 0.1) is 6.92 Å². The lowest BCUT2D eigenvalue weighted by Crippen LogP contribution is -2.30. The van der Waals surface area contributed by atoms with Crippen molar-refractivity contribution in [2.24, 2.45) is 0 Å². The lowest BCUT2D eigenvalue weighted by atomic mass is 10.1. The number of nitrogens with zero attached hydrogens (tertiary/aromatic N) is 1. The van der Waals surface area contributed by atoms with Gasteiger partial charge in [-0.2, -0.15) is 0 Å². The van der Waals surface area contributed by atoms with Gasteiger partial charge in [0.2, 0.25) is 0 Å². The number of aliphatic hydroxyl groups is 1. The van der Waals surface area contributed by atoms with Gasteiger partial charge in [-0.25, -0.2) is 4.98 Å². The number of hydrogen-bond acceptors (Lipinski definition) is 4. The Morgan fingerprint density at radius 3 is 2.89 bits per heavy atom. The average molecular weight is 298 g/mol. The lowest BCUT2D eigenvalue weighted by molar-refractivity contribution is 0.0478. The molecule has 0 aliphatic rings. The summed E-state index contributed by atoms with van der Waals surface area (Å²) in [7, 11) is 0. The Balaban J connectivity index is 1.93. The minimum Gasteiger partial charge on any atom is -0.488 e. The Morgan fingerprint density at radius 2 is 2.26 bits per heavy atom. The standard InChI is InChI=1S/C14H16ClNO2S/c1-9-8-19-14(16-9)7-13(17)10(2)18-12-5-3-4-11(15)6-12/h3-6,8,10,13,17H,7H2,1-2H3. The predicted octanol–water partition coefficient (Wildman–Crippen LogP) is 3.48. The zero-order valence-corrected chi connectivity index (χ0v) is 12.4. The first-order chi connectivity index (χ1) is 9.04. The van der Waals surface area contributed by atoms with E-state index in [1.54, 1.807) is 23.5 Å². The quantitative estimate of drug-likeness (QED) is 0.919. The van der Waals surface area contributed by atoms with Crippen LogP contribution >= 0.6 is 22.9 Å². The van der Waals surface area contributed by atoms with Crippen LogP contribution in [0.4, 0.5) is 0 Å². The molecule has 1 N–H and O–H groups in total. The number of hydrogen-bond donors (Lipinski definition) is 1. The molecule has 2 atom stereocenters. The lowest BCUT2D eigenvalue weighted by Gasteiger charge is -2.19. The summed E-state index contributed by atoms with van der Waals surface area (Å²) in [6.45, 7) is 3.78. The molecule has 2 unspecified atom stereocenters. The summed E-state index contributed by atoms with van der Waals surface area (Å²) in [5.74, 6) is 0.661. The van der Waals surface area contributed by atoms with Crippen LogP contribution < -0.4 is 4.74 Å². The van der Waals surface area contributed by atoms with Crippen molar-refractivity contribution in [2.75, 3.05) is 0 Å². The fourth-order valence-corrected chi connectivity index (χ4v) is 2.68. The summed E-state index contributed by atoms with van der Waals surface area (Å²) in [6.07, 6.45) is -0.410. The van der Waals surface area contributed by atoms with Crippen LogP contribution in [0.25, 0.3) is 0 Å². The van der Waals surface area contributed by atoms with E-state index in [1.807, 2.05) is 31.4 Å². The van der Waals surface area contributed by atoms with E-state index in [9.17, 15) is 5.11 Å². The third-order valence-corrected chi connectivity index (χ3v) is 3.93. The topological polar surface area (TPSA) is 42.4 Å². The van der Waals surface area contributed by atoms with Gasteiger partial charge < -0.3 is 9.84 Å². The molecule has 1 aromatic heterocycles. The summed E-state index contributed by atoms with van der Waals surface area (Å²) in [6, 6.07) is 7.16. The second kappa shape index (κ2) is 6.37. The van der Waals surface area contributed by atoms with Crippen molar-refractivity contribution >= 4 is 22.9 Å². The molecule has 0 aliphatic heterocycles. The zero-order chi connectivity index (χ0) is 13.8. The Bertz CT molecular complexity index is 544. The molecule has 0 aliphatic carbocycles. The van der Waals surface area contributed by atoms with Crippen LogP contribution in [0.2, 0.25) is 5.02 Å². The van der Waals surface area contributed by atoms with Crippen LogP contribution in [0.3, 0.4) is 0 Å². The molecule has 2 aromatic rings. The molecule has 1 heterocycles. The van der Waals surface area contributed by atoms with Gasteiger partial charge in [-0.3, -0.25) is 0 Å². The molecule has 0 bridgehead atoms. The van der Waals surface area contributed by atoms with Crippen molar-refractivity contribution in [3.8, 4) is 5.75 Å². The molecule has 2 rings (SSSR count). The van der Waals surface area contributed by atoms with Crippen LogP contribution in [0.1, 0.15) is 17.6 Å². The van der Waals surface area contributed by atoms with Crippen LogP contribution in [0.15, 0.2) is 29.6 Å². The SMILES string of the molecule is Cc1csc(CC(O)C(C)Oc2cccc(Cl)c2)n1. The fraction of sp³-hybridized carbons (Fsp3) is 0.357. The molecule has 0 amide bonds. The van der Waals surface area contributed by atoms with Crippen LogP contribution in [-0.2, 0) is 6.42 Å². The van der Waals surface area contributed by atoms with E-state index < -0.39 is 6.10 Å². The molecule has 0 saturated carbocycles. The van der Waals surface area contributed by atoms with Gasteiger partial charge in [0.05, 0.1) is 11.1 Å². The van der Waals surface area contributed by atoms with Crippen molar-refractivity contribution in [3.63, 3.8) is 0 Å². The summed E-state index contributed by atoms with van der Waals surface area (Å²) in [5, 5.41) is 13.6. The number of aliphatic hydroxyl groups excluding tert-OH is 1. The van der Waals surface area contributed by atoms with Gasteiger partial charge in [0.15, 0.2) is 0 Å². The molecular weight excluding hydrogens is 282 g/mol. The monoisotopic (exact) mass is 297 g/mol. The van der Waals surface area contributed by atoms with Gasteiger partial charge in [-0.15, -0.1) is 11.3 Å². The Hall–Kier alpha value is -1.10. The first-order valence-corrected chi connectivity index (χ1v) is 7.31. The van der Waals surface area contributed by atoms with Gasteiger partial charge >= 0.3 is 0 Å². The van der Waals surface area contributed by atoms with E-state index in [0.29, 0.717) is 17.2 Å². The second-order valence-electron chi connectivity index (χ2n) is 4.43. The number of halogens is 1. The normalized spacial score (nSPS) is 14.1. The smallest absolute Gasteiger partial charge is 0.122 e. The molecule has 19 heavy (non-hydrogen) atoms. The first kappa shape index (κ1) is 14.3. The second-order valence-corrected chi connectivity index (χ2v) is 5.81.